The summed E-state index contributed by atoms with van der Waals surface area (Å²) in [4.78, 5) is 30.1. The second-order valence-corrected chi connectivity index (χ2v) is 6.89. The average molecular weight is 356 g/mol. The van der Waals surface area contributed by atoms with E-state index >= 15 is 0 Å². The third-order valence-corrected chi connectivity index (χ3v) is 5.42. The number of ether oxygens (including phenoxy) is 1. The van der Waals surface area contributed by atoms with Gasteiger partial charge in [0.05, 0.1) is 18.8 Å². The van der Waals surface area contributed by atoms with Crippen LogP contribution in [0.3, 0.4) is 0 Å². The molecule has 3 aromatic rings. The van der Waals surface area contributed by atoms with Crippen LogP contribution in [0.5, 0.6) is 0 Å². The molecular weight excluding hydrogens is 336 g/mol. The van der Waals surface area contributed by atoms with Crippen molar-refractivity contribution in [3.05, 3.63) is 51.4 Å². The van der Waals surface area contributed by atoms with Crippen molar-refractivity contribution in [1.82, 2.24) is 9.55 Å². The normalized spacial score (nSPS) is 12.3. The highest BCUT2D eigenvalue weighted by atomic mass is 32.1. The zero-order chi connectivity index (χ0) is 18.1. The van der Waals surface area contributed by atoms with E-state index in [9.17, 15) is 9.59 Å². The molecule has 0 aliphatic carbocycles. The lowest BCUT2D eigenvalue weighted by Gasteiger charge is -2.15. The first kappa shape index (κ1) is 17.4. The van der Waals surface area contributed by atoms with Crippen LogP contribution in [-0.2, 0) is 9.53 Å². The number of methoxy groups -OCH3 is 1. The molecular formula is C19H20N2O3S. The van der Waals surface area contributed by atoms with Gasteiger partial charge in [-0.2, -0.15) is 0 Å². The average Bonchev–Trinajstić information content (AvgIpc) is 3.04. The highest BCUT2D eigenvalue weighted by Gasteiger charge is 2.23. The molecule has 0 saturated carbocycles. The fraction of sp³-hybridized carbons (Fsp3) is 0.316. The molecule has 0 radical (unpaired) electrons. The molecule has 0 amide bonds. The number of nitrogens with zero attached hydrogens (tertiary/aromatic N) is 2. The number of esters is 1. The Morgan fingerprint density at radius 2 is 2.08 bits per heavy atom. The monoisotopic (exact) mass is 356 g/mol. The van der Waals surface area contributed by atoms with Gasteiger partial charge < -0.3 is 4.74 Å². The summed E-state index contributed by atoms with van der Waals surface area (Å²) < 4.78 is 6.21. The molecule has 0 spiro atoms. The van der Waals surface area contributed by atoms with Gasteiger partial charge in [-0.1, -0.05) is 25.1 Å². The molecule has 0 N–H and O–H groups in total. The smallest absolute Gasteiger partial charge is 0.329 e. The maximum absolute atomic E-state index is 13.1. The third kappa shape index (κ3) is 2.98. The van der Waals surface area contributed by atoms with Gasteiger partial charge in [0.2, 0.25) is 0 Å². The number of thiophene rings is 1. The van der Waals surface area contributed by atoms with Crippen LogP contribution in [0.15, 0.2) is 34.7 Å². The molecule has 3 rings (SSSR count). The van der Waals surface area contributed by atoms with E-state index in [4.69, 9.17) is 4.74 Å². The van der Waals surface area contributed by atoms with Crippen molar-refractivity contribution in [2.24, 2.45) is 0 Å². The number of hydrogen-bond acceptors (Lipinski definition) is 5. The molecule has 0 aliphatic rings. The molecule has 0 saturated heterocycles. The van der Waals surface area contributed by atoms with Crippen molar-refractivity contribution in [2.45, 2.75) is 33.2 Å². The maximum Gasteiger partial charge on any atom is 0.329 e. The second kappa shape index (κ2) is 6.80. The predicted octanol–water partition coefficient (Wildman–Crippen LogP) is 3.87. The molecule has 0 aliphatic heterocycles. The van der Waals surface area contributed by atoms with Gasteiger partial charge in [0.15, 0.2) is 0 Å². The van der Waals surface area contributed by atoms with Crippen LogP contribution in [0.1, 0.15) is 30.5 Å². The highest BCUT2D eigenvalue weighted by molar-refractivity contribution is 7.17. The fourth-order valence-electron chi connectivity index (χ4n) is 2.90. The Morgan fingerprint density at radius 1 is 1.32 bits per heavy atom. The molecule has 25 heavy (non-hydrogen) atoms. The lowest BCUT2D eigenvalue weighted by Crippen LogP contribution is -2.30. The Bertz CT molecular complexity index is 1000. The van der Waals surface area contributed by atoms with E-state index in [1.54, 1.807) is 0 Å². The van der Waals surface area contributed by atoms with Crippen molar-refractivity contribution in [2.75, 3.05) is 7.11 Å². The van der Waals surface area contributed by atoms with Gasteiger partial charge in [0, 0.05) is 10.9 Å². The van der Waals surface area contributed by atoms with Crippen molar-refractivity contribution in [3.63, 3.8) is 0 Å². The second-order valence-electron chi connectivity index (χ2n) is 6.03. The molecule has 1 aromatic carbocycles. The first-order valence-corrected chi connectivity index (χ1v) is 8.99. The Hall–Kier alpha value is -2.47. The minimum atomic E-state index is -0.665. The number of carbonyl (C=O) groups is 1. The summed E-state index contributed by atoms with van der Waals surface area (Å²) in [5.41, 5.74) is 4.00. The summed E-state index contributed by atoms with van der Waals surface area (Å²) in [6.07, 6.45) is 1.90. The van der Waals surface area contributed by atoms with Crippen molar-refractivity contribution < 1.29 is 9.53 Å². The largest absolute Gasteiger partial charge is 0.467 e. The van der Waals surface area contributed by atoms with Gasteiger partial charge >= 0.3 is 5.97 Å². The minimum absolute atomic E-state index is 0.211. The number of rotatable bonds is 4. The molecule has 0 bridgehead atoms. The van der Waals surface area contributed by atoms with E-state index in [0.717, 1.165) is 11.1 Å². The Balaban J connectivity index is 2.23. The first-order valence-electron chi connectivity index (χ1n) is 8.11. The van der Waals surface area contributed by atoms with Gasteiger partial charge in [0.1, 0.15) is 10.9 Å². The highest BCUT2D eigenvalue weighted by Crippen LogP contribution is 2.32. The van der Waals surface area contributed by atoms with Crippen LogP contribution in [0, 0.1) is 13.8 Å². The van der Waals surface area contributed by atoms with E-state index in [-0.39, 0.29) is 5.56 Å². The number of carbonyl (C=O) groups excluding carboxylic acids is 1. The first-order chi connectivity index (χ1) is 12.0. The molecule has 0 unspecified atom stereocenters. The molecule has 0 fully saturated rings. The van der Waals surface area contributed by atoms with E-state index in [1.165, 1.54) is 40.5 Å². The van der Waals surface area contributed by atoms with Crippen LogP contribution in [0.4, 0.5) is 0 Å². The molecule has 1 atom stereocenters. The summed E-state index contributed by atoms with van der Waals surface area (Å²) in [5.74, 6) is -0.436. The van der Waals surface area contributed by atoms with E-state index < -0.39 is 12.0 Å². The predicted molar refractivity (Wildman–Crippen MR) is 100 cm³/mol. The summed E-state index contributed by atoms with van der Waals surface area (Å²) in [6.45, 7) is 5.95. The molecule has 5 nitrogen and oxygen atoms in total. The topological polar surface area (TPSA) is 61.2 Å². The van der Waals surface area contributed by atoms with Gasteiger partial charge in [-0.15, -0.1) is 11.3 Å². The number of aryl methyl sites for hydroxylation is 2. The summed E-state index contributed by atoms with van der Waals surface area (Å²) in [6, 6.07) is 5.47. The van der Waals surface area contributed by atoms with Gasteiger partial charge in [-0.3, -0.25) is 9.36 Å². The van der Waals surface area contributed by atoms with Gasteiger partial charge in [-0.25, -0.2) is 9.78 Å². The lowest BCUT2D eigenvalue weighted by molar-refractivity contribution is -0.144. The summed E-state index contributed by atoms with van der Waals surface area (Å²) in [5, 5.41) is 2.50. The quantitative estimate of drug-likeness (QED) is 0.666. The Labute approximate surface area is 149 Å². The fourth-order valence-corrected chi connectivity index (χ4v) is 3.81. The Morgan fingerprint density at radius 3 is 2.72 bits per heavy atom. The molecule has 6 heteroatoms. The lowest BCUT2D eigenvalue weighted by atomic mass is 10.0. The standard InChI is InChI=1S/C19H20N2O3S/c1-5-15(19(23)24-4)21-10-20-17-16(18(21)22)14(9-25-17)13-7-6-11(2)12(3)8-13/h6-10,15H,5H2,1-4H3/t15-/m1/s1. The zero-order valence-electron chi connectivity index (χ0n) is 14.7. The van der Waals surface area contributed by atoms with E-state index in [2.05, 4.69) is 18.0 Å². The van der Waals surface area contributed by atoms with Gasteiger partial charge in [-0.05, 0) is 37.0 Å². The van der Waals surface area contributed by atoms with Crippen LogP contribution in [0.2, 0.25) is 0 Å². The molecule has 2 aromatic heterocycles. The van der Waals surface area contributed by atoms with Crippen LogP contribution in [0.25, 0.3) is 21.3 Å². The summed E-state index contributed by atoms with van der Waals surface area (Å²) >= 11 is 1.43. The minimum Gasteiger partial charge on any atom is -0.467 e. The number of fused-ring (bicyclic) bond motifs is 1. The number of benzene rings is 1. The van der Waals surface area contributed by atoms with Crippen molar-refractivity contribution in [1.29, 1.82) is 0 Å². The molecule has 130 valence electrons. The van der Waals surface area contributed by atoms with Crippen LogP contribution < -0.4 is 5.56 Å². The third-order valence-electron chi connectivity index (χ3n) is 4.53. The van der Waals surface area contributed by atoms with E-state index in [1.807, 2.05) is 31.4 Å². The number of hydrogen-bond donors (Lipinski definition) is 0. The maximum atomic E-state index is 13.1. The number of aromatic nitrogens is 2. The van der Waals surface area contributed by atoms with E-state index in [0.29, 0.717) is 16.6 Å². The zero-order valence-corrected chi connectivity index (χ0v) is 15.5. The SMILES string of the molecule is CC[C@H](C(=O)OC)n1cnc2scc(-c3ccc(C)c(C)c3)c2c1=O. The Kier molecular flexibility index (Phi) is 4.72. The summed E-state index contributed by atoms with van der Waals surface area (Å²) in [7, 11) is 1.33. The van der Waals surface area contributed by atoms with Crippen LogP contribution >= 0.6 is 11.3 Å². The van der Waals surface area contributed by atoms with Crippen LogP contribution in [-0.4, -0.2) is 22.6 Å². The molecule has 2 heterocycles. The van der Waals surface area contributed by atoms with Crippen molar-refractivity contribution >= 4 is 27.5 Å². The van der Waals surface area contributed by atoms with Crippen molar-refractivity contribution in [3.8, 4) is 11.1 Å². The van der Waals surface area contributed by atoms with Gasteiger partial charge in [0.25, 0.3) is 5.56 Å².